The Morgan fingerprint density at radius 2 is 0.964 bits per heavy atom. The van der Waals surface area contributed by atoms with Gasteiger partial charge in [-0.2, -0.15) is 19.5 Å². The van der Waals surface area contributed by atoms with E-state index in [2.05, 4.69) is 289 Å². The van der Waals surface area contributed by atoms with Crippen molar-refractivity contribution in [2.24, 2.45) is 37.4 Å². The number of aliphatic imine (C=N–C) groups is 4. The van der Waals surface area contributed by atoms with E-state index in [1.807, 2.05) is 26.9 Å². The summed E-state index contributed by atoms with van der Waals surface area (Å²) in [6.07, 6.45) is 0.964. The lowest BCUT2D eigenvalue weighted by Gasteiger charge is -2.38. The van der Waals surface area contributed by atoms with Crippen LogP contribution in [-0.2, 0) is 105 Å². The van der Waals surface area contributed by atoms with Crippen LogP contribution in [0.15, 0.2) is 65.3 Å². The van der Waals surface area contributed by atoms with Crippen molar-refractivity contribution in [1.29, 1.82) is 0 Å². The highest BCUT2D eigenvalue weighted by molar-refractivity contribution is 14.1. The molecule has 3 aromatic rings. The second-order valence-corrected chi connectivity index (χ2v) is 78.7. The van der Waals surface area contributed by atoms with Crippen molar-refractivity contribution in [3.63, 3.8) is 0 Å². The summed E-state index contributed by atoms with van der Waals surface area (Å²) in [5, 5.41) is 17.9. The molecule has 0 radical (unpaired) electrons. The fraction of sp³-hybridized carbons (Fsp3) is 0.720. The number of amidine groups is 2. The monoisotopic (exact) mass is 2360 g/mol. The lowest BCUT2D eigenvalue weighted by Crippen LogP contribution is -2.46. The highest BCUT2D eigenvalue weighted by Gasteiger charge is 2.48. The number of anilines is 1. The predicted octanol–water partition coefficient (Wildman–Crippen LogP) is 18.2. The molecule has 2 fully saturated rings. The number of hydrogen-bond donors (Lipinski definition) is 6. The number of aliphatic hydroxyl groups is 2. The maximum atomic E-state index is 13.7. The van der Waals surface area contributed by atoms with Crippen molar-refractivity contribution >= 4 is 190 Å². The fourth-order valence-corrected chi connectivity index (χ4v) is 20.1. The van der Waals surface area contributed by atoms with E-state index in [1.165, 1.54) is 52.7 Å². The van der Waals surface area contributed by atoms with Crippen LogP contribution in [0.1, 0.15) is 217 Å². The topological polar surface area (TPSA) is 494 Å². The van der Waals surface area contributed by atoms with E-state index in [1.54, 1.807) is 12.1 Å². The molecule has 5 aliphatic rings. The number of hydrogen-bond acceptors (Lipinski definition) is 33. The first kappa shape index (κ1) is 135. The van der Waals surface area contributed by atoms with E-state index < -0.39 is 113 Å². The van der Waals surface area contributed by atoms with Crippen LogP contribution in [-0.4, -0.2) is 257 Å². The molecule has 0 aliphatic carbocycles. The number of ether oxygens (including phenoxy) is 6. The number of carbonyl (C=O) groups excluding carboxylic acids is 6. The van der Waals surface area contributed by atoms with Gasteiger partial charge in [-0.3, -0.25) is 19.0 Å². The van der Waals surface area contributed by atoms with Crippen LogP contribution in [0, 0.1) is 24.5 Å². The summed E-state index contributed by atoms with van der Waals surface area (Å²) >= 11 is 15.2. The Bertz CT molecular complexity index is 4700. The van der Waals surface area contributed by atoms with Gasteiger partial charge in [-0.25, -0.2) is 63.0 Å². The van der Waals surface area contributed by atoms with E-state index in [4.69, 9.17) is 89.4 Å². The third-order valence-corrected chi connectivity index (χ3v) is 56.3. The van der Waals surface area contributed by atoms with Crippen molar-refractivity contribution < 1.29 is 121 Å². The summed E-state index contributed by atoms with van der Waals surface area (Å²) in [5.74, 6) is -1.62. The van der Waals surface area contributed by atoms with Gasteiger partial charge in [0.05, 0.1) is 102 Å². The number of nitrogens with one attached hydrogen (secondary N) is 1. The molecule has 0 amide bonds. The summed E-state index contributed by atoms with van der Waals surface area (Å²) in [5.41, 5.74) is 25.3. The molecular weight excluding hydrogens is 2200 g/mol. The standard InChI is InChI=1S/C25H35BrFN5O4Si.C14H15BrFN5.C12H26O6SSi.C11H23IO3Si.C11H24O4Si.C10H20O3Si.C6H15ClSi.C4H6O3.H2O/c1-14-21-19(31-24(28)29-14)13-18(16-9-8-15(27)12-17(16)26)30-22(21)32-35-11-10-20(23(33)34-5)36-37(6,7)25(2,3)4;1-6-12-11(21-14(18)19-6)5-10(20-13(12)17)8-3-2-7(16)4-9(8)15;1-12(2,3)20(6,7)18-10(11(13)16-4)8-9-17-19(5,14)15;2*1-11(2,3)16(5,6)15-9(7-8-12)10(13)14-4;1-10(2,3)14(4,5)13-8-6-7-12-9(8)11;1-6(2,3)8(4,5)7;5-3-1-2-7-4(3)6;/h8-9,12,18,20H,10-11,13H2,1-7H3,(H,30,32)(H2,28,29,31);2-4,10-12H,5H2,1H3,(H2,17,20)(H2,18,21);10H,8-9H2,1-7H3;9H,7-8H2,1-6H3;9,12H,7-8H2,1-6H3;8H,6-7H2,1-5H3;1-5H3;3,5H,1-2H2;1H2/t18-,20+;10-,11?,12?;10-;2*9-;8-;;3-;/m110000.0./s1. The fourth-order valence-electron chi connectivity index (χ4n) is 11.5. The van der Waals surface area contributed by atoms with Gasteiger partial charge < -0.3 is 83.4 Å². The Morgan fingerprint density at radius 3 is 1.30 bits per heavy atom. The lowest BCUT2D eigenvalue weighted by molar-refractivity contribution is -0.151. The van der Waals surface area contributed by atoms with Crippen LogP contribution in [0.5, 0.6) is 0 Å². The third kappa shape index (κ3) is 44.5. The summed E-state index contributed by atoms with van der Waals surface area (Å²) in [4.78, 5) is 101. The lowest BCUT2D eigenvalue weighted by atomic mass is 9.84. The Labute approximate surface area is 873 Å². The molecule has 6 heterocycles. The maximum Gasteiger partial charge on any atom is 0.335 e. The van der Waals surface area contributed by atoms with Gasteiger partial charge in [-0.1, -0.05) is 204 Å². The van der Waals surface area contributed by atoms with Gasteiger partial charge in [0.15, 0.2) is 60.9 Å². The zero-order valence-corrected chi connectivity index (χ0v) is 103. The van der Waals surface area contributed by atoms with E-state index in [0.29, 0.717) is 87.9 Å². The zero-order chi connectivity index (χ0) is 108. The van der Waals surface area contributed by atoms with Gasteiger partial charge in [0.1, 0.15) is 48.0 Å². The molecule has 2 saturated heterocycles. The number of nitrogens with zero attached hydrogens (tertiary/aromatic N) is 6. The summed E-state index contributed by atoms with van der Waals surface area (Å²) in [6.45, 7) is 68.2. The first-order valence-corrected chi connectivity index (χ1v) is 69.7. The second kappa shape index (κ2) is 57.5. The minimum absolute atomic E-state index is 0. The number of cyclic esters (lactones) is 2. The molecule has 2 unspecified atom stereocenters. The molecule has 2 aromatic carbocycles. The number of fused-ring (bicyclic) bond motifs is 2. The van der Waals surface area contributed by atoms with Gasteiger partial charge in [-0.05, 0) is 158 Å². The largest absolute Gasteiger partial charge is 0.467 e. The minimum Gasteiger partial charge on any atom is -0.467 e. The molecule has 0 saturated carbocycles. The number of guanidine groups is 1. The Hall–Kier alpha value is -5.09. The first-order valence-electron chi connectivity index (χ1n) is 46.2. The van der Waals surface area contributed by atoms with Gasteiger partial charge in [-0.15, -0.1) is 0 Å². The van der Waals surface area contributed by atoms with Crippen molar-refractivity contribution in [2.45, 2.75) is 353 Å². The smallest absolute Gasteiger partial charge is 0.335 e. The summed E-state index contributed by atoms with van der Waals surface area (Å²) in [7, 11) is -9.59. The molecule has 8 rings (SSSR count). The molecule has 804 valence electrons. The Morgan fingerprint density at radius 1 is 0.579 bits per heavy atom. The quantitative estimate of drug-likeness (QED) is 0.00452. The van der Waals surface area contributed by atoms with Crippen LogP contribution in [0.3, 0.4) is 0 Å². The molecule has 5 aliphatic heterocycles. The molecule has 0 bridgehead atoms. The minimum atomic E-state index is -3.52. The van der Waals surface area contributed by atoms with Gasteiger partial charge in [0, 0.05) is 64.2 Å². The average Bonchev–Trinajstić information content (AvgIpc) is 1.15. The number of aliphatic hydroxyl groups excluding tert-OH is 2. The molecule has 0 spiro atoms. The van der Waals surface area contributed by atoms with Crippen LogP contribution in [0.4, 0.5) is 14.7 Å². The van der Waals surface area contributed by atoms with Crippen LogP contribution in [0.25, 0.3) is 0 Å². The van der Waals surface area contributed by atoms with Gasteiger partial charge >= 0.3 is 35.8 Å². The molecular formula is C93H166Br2ClF2IN10O24SSi6. The van der Waals surface area contributed by atoms with Crippen molar-refractivity contribution in [3.8, 4) is 0 Å². The highest BCUT2D eigenvalue weighted by atomic mass is 127. The number of benzene rings is 2. The Kier molecular flexibility index (Phi) is 55.4. The number of methoxy groups -OCH3 is 4. The number of nitrogen functional groups attached to an aromatic ring is 1. The Balaban J connectivity index is 0.00000165. The van der Waals surface area contributed by atoms with E-state index in [0.717, 1.165) is 33.9 Å². The van der Waals surface area contributed by atoms with E-state index >= 15 is 0 Å². The third-order valence-electron chi connectivity index (χ3n) is 26.0. The number of halogens is 6. The number of aromatic nitrogens is 2. The van der Waals surface area contributed by atoms with Gasteiger partial charge in [0.2, 0.25) is 11.9 Å². The zero-order valence-electron chi connectivity index (χ0n) is 89.7. The van der Waals surface area contributed by atoms with Gasteiger partial charge in [0.25, 0.3) is 10.1 Å². The number of nitrogens with two attached hydrogens (primary N) is 3. The second-order valence-electron chi connectivity index (χ2n) is 43.2. The number of aryl methyl sites for hydroxylation is 1. The molecule has 140 heavy (non-hydrogen) atoms. The first-order chi connectivity index (χ1) is 63.1. The number of alkyl halides is 1. The maximum absolute atomic E-state index is 13.7. The highest BCUT2D eigenvalue weighted by Crippen LogP contribution is 2.45. The normalized spacial score (nSPS) is 18.8. The average molecular weight is 2370 g/mol. The number of hydroxylamine groups is 1. The molecule has 1 aromatic heterocycles. The number of esters is 6. The van der Waals surface area contributed by atoms with Crippen molar-refractivity contribution in [2.75, 3.05) is 77.9 Å². The van der Waals surface area contributed by atoms with E-state index in [-0.39, 0.29) is 129 Å². The SMILES string of the molecule is CC(C)(C)[Si](C)(C)Cl.CC(C)(C)[Si](C)(C)O[C@H]1CCOC1=O.CC1=NC(N)=NC2C[C@H](c3ccc(F)cc3Br)N=C(N)C12.COC(=O)[C@H](CCI)O[Si](C)(C)C(C)(C)C.COC(=O)[C@H](CCO)O[Si](C)(C)C(C)(C)C.COC(=O)[C@H](CCONC1=N[C@@H](c2ccc(F)cc2Br)Cc2nc(N)nc(C)c21)O[Si](C)(C)C(C)(C)C.COC(=O)[C@H](CCOS(C)(=O)=O)O[Si](C)(C)C(C)(C)C.O.O=C1OCC[C@@H]1O. The van der Waals surface area contributed by atoms with Crippen LogP contribution >= 0.6 is 65.5 Å². The molecule has 47 heteroatoms. The predicted molar refractivity (Wildman–Crippen MR) is 580 cm³/mol. The summed E-state index contributed by atoms with van der Waals surface area (Å²) in [6, 6.07) is 8.47. The summed E-state index contributed by atoms with van der Waals surface area (Å²) < 4.78 is 114. The van der Waals surface area contributed by atoms with E-state index in [9.17, 15) is 46.0 Å². The molecule has 34 nitrogen and oxygen atoms in total. The van der Waals surface area contributed by atoms with Crippen molar-refractivity contribution in [1.82, 2.24) is 15.4 Å². The van der Waals surface area contributed by atoms with Crippen molar-refractivity contribution in [3.05, 3.63) is 85.1 Å². The molecule has 11 N–H and O–H groups in total. The van der Waals surface area contributed by atoms with Crippen LogP contribution in [0.2, 0.25) is 109 Å². The van der Waals surface area contributed by atoms with Crippen LogP contribution < -0.4 is 22.7 Å². The number of rotatable bonds is 28. The number of carbonyl (C=O) groups is 6. The molecule has 10 atom stereocenters.